The summed E-state index contributed by atoms with van der Waals surface area (Å²) in [6.45, 7) is 3.62. The van der Waals surface area contributed by atoms with Crippen molar-refractivity contribution in [2.75, 3.05) is 5.32 Å². The van der Waals surface area contributed by atoms with Crippen molar-refractivity contribution in [2.24, 2.45) is 0 Å². The maximum atomic E-state index is 12.3. The van der Waals surface area contributed by atoms with E-state index in [1.54, 1.807) is 25.1 Å². The summed E-state index contributed by atoms with van der Waals surface area (Å²) < 4.78 is 0. The SMILES string of the molecule is CC=Cc1ccc(C(=O)Nc2ccc(C)cc2)c(O)c1[N+](=O)[O-]. The lowest BCUT2D eigenvalue weighted by molar-refractivity contribution is -0.386. The van der Waals surface area contributed by atoms with Gasteiger partial charge in [0, 0.05) is 5.69 Å². The van der Waals surface area contributed by atoms with E-state index in [2.05, 4.69) is 5.32 Å². The third-order valence-electron chi connectivity index (χ3n) is 3.27. The molecular weight excluding hydrogens is 296 g/mol. The first-order chi connectivity index (χ1) is 10.9. The highest BCUT2D eigenvalue weighted by Crippen LogP contribution is 2.34. The molecule has 0 heterocycles. The number of nitro groups is 1. The van der Waals surface area contributed by atoms with E-state index in [0.717, 1.165) is 5.56 Å². The Labute approximate surface area is 133 Å². The number of aryl methyl sites for hydroxylation is 1. The minimum atomic E-state index is -0.701. The molecule has 0 saturated carbocycles. The molecule has 0 aliphatic carbocycles. The fraction of sp³-hybridized carbons (Fsp3) is 0.118. The number of allylic oxidation sites excluding steroid dienone is 1. The lowest BCUT2D eigenvalue weighted by Crippen LogP contribution is -2.13. The van der Waals surface area contributed by atoms with Crippen LogP contribution in [0.4, 0.5) is 11.4 Å². The Balaban J connectivity index is 2.39. The van der Waals surface area contributed by atoms with Crippen molar-refractivity contribution in [3.8, 4) is 5.75 Å². The number of nitrogens with one attached hydrogen (secondary N) is 1. The number of benzene rings is 2. The van der Waals surface area contributed by atoms with Crippen LogP contribution < -0.4 is 5.32 Å². The van der Waals surface area contributed by atoms with Crippen LogP contribution in [0.25, 0.3) is 6.08 Å². The van der Waals surface area contributed by atoms with Crippen LogP contribution in [-0.4, -0.2) is 15.9 Å². The second-order valence-electron chi connectivity index (χ2n) is 4.98. The maximum Gasteiger partial charge on any atom is 0.318 e. The number of phenols is 1. The van der Waals surface area contributed by atoms with E-state index < -0.39 is 22.3 Å². The van der Waals surface area contributed by atoms with Crippen LogP contribution in [-0.2, 0) is 0 Å². The number of phenolic OH excluding ortho intramolecular Hbond substituents is 1. The first-order valence-electron chi connectivity index (χ1n) is 6.95. The van der Waals surface area contributed by atoms with Crippen molar-refractivity contribution in [2.45, 2.75) is 13.8 Å². The van der Waals surface area contributed by atoms with Crippen LogP contribution in [0.1, 0.15) is 28.4 Å². The molecule has 2 N–H and O–H groups in total. The number of anilines is 1. The number of nitrogens with zero attached hydrogens (tertiary/aromatic N) is 1. The van der Waals surface area contributed by atoms with Crippen LogP contribution in [0.2, 0.25) is 0 Å². The lowest BCUT2D eigenvalue weighted by atomic mass is 10.1. The highest BCUT2D eigenvalue weighted by atomic mass is 16.6. The van der Waals surface area contributed by atoms with Crippen LogP contribution >= 0.6 is 0 Å². The van der Waals surface area contributed by atoms with Crippen molar-refractivity contribution in [3.63, 3.8) is 0 Å². The van der Waals surface area contributed by atoms with E-state index in [9.17, 15) is 20.0 Å². The zero-order chi connectivity index (χ0) is 17.0. The van der Waals surface area contributed by atoms with Crippen LogP contribution in [0.5, 0.6) is 5.75 Å². The average Bonchev–Trinajstić information content (AvgIpc) is 2.49. The van der Waals surface area contributed by atoms with Gasteiger partial charge in [0.1, 0.15) is 0 Å². The number of rotatable bonds is 4. The van der Waals surface area contributed by atoms with E-state index in [0.29, 0.717) is 5.69 Å². The molecule has 6 heteroatoms. The van der Waals surface area contributed by atoms with Gasteiger partial charge in [0.2, 0.25) is 5.75 Å². The molecule has 0 radical (unpaired) electrons. The molecule has 2 aromatic rings. The van der Waals surface area contributed by atoms with Gasteiger partial charge < -0.3 is 10.4 Å². The summed E-state index contributed by atoms with van der Waals surface area (Å²) in [5.41, 5.74) is 1.18. The van der Waals surface area contributed by atoms with Crippen LogP contribution in [0.3, 0.4) is 0 Å². The Kier molecular flexibility index (Phi) is 4.75. The molecule has 118 valence electrons. The summed E-state index contributed by atoms with van der Waals surface area (Å²) in [5.74, 6) is -1.25. The topological polar surface area (TPSA) is 92.5 Å². The number of amides is 1. The molecule has 0 aromatic heterocycles. The molecule has 0 unspecified atom stereocenters. The summed E-state index contributed by atoms with van der Waals surface area (Å²) in [4.78, 5) is 22.7. The predicted octanol–water partition coefficient (Wildman–Crippen LogP) is 3.89. The highest BCUT2D eigenvalue weighted by Gasteiger charge is 2.24. The van der Waals surface area contributed by atoms with E-state index >= 15 is 0 Å². The summed E-state index contributed by atoms with van der Waals surface area (Å²) in [6.07, 6.45) is 3.12. The molecule has 0 saturated heterocycles. The smallest absolute Gasteiger partial charge is 0.318 e. The quantitative estimate of drug-likeness (QED) is 0.661. The van der Waals surface area contributed by atoms with Gasteiger partial charge in [-0.15, -0.1) is 0 Å². The van der Waals surface area contributed by atoms with Crippen molar-refractivity contribution in [3.05, 3.63) is 69.3 Å². The second kappa shape index (κ2) is 6.74. The average molecular weight is 312 g/mol. The van der Waals surface area contributed by atoms with E-state index in [4.69, 9.17) is 0 Å². The highest BCUT2D eigenvalue weighted by molar-refractivity contribution is 6.07. The summed E-state index contributed by atoms with van der Waals surface area (Å²) in [6, 6.07) is 9.88. The Morgan fingerprint density at radius 1 is 1.22 bits per heavy atom. The number of aromatic hydroxyl groups is 1. The van der Waals surface area contributed by atoms with Gasteiger partial charge in [-0.25, -0.2) is 0 Å². The molecule has 0 atom stereocenters. The Morgan fingerprint density at radius 2 is 1.87 bits per heavy atom. The molecule has 0 aliphatic rings. The predicted molar refractivity (Wildman–Crippen MR) is 88.6 cm³/mol. The molecule has 6 nitrogen and oxygen atoms in total. The number of carbonyl (C=O) groups is 1. The fourth-order valence-corrected chi connectivity index (χ4v) is 2.12. The number of hydrogen-bond acceptors (Lipinski definition) is 4. The van der Waals surface area contributed by atoms with E-state index in [1.165, 1.54) is 18.2 Å². The first-order valence-corrected chi connectivity index (χ1v) is 6.95. The Hall–Kier alpha value is -3.15. The second-order valence-corrected chi connectivity index (χ2v) is 4.98. The molecule has 0 aliphatic heterocycles. The van der Waals surface area contributed by atoms with Crippen molar-refractivity contribution >= 4 is 23.4 Å². The van der Waals surface area contributed by atoms with Crippen LogP contribution in [0, 0.1) is 17.0 Å². The fourth-order valence-electron chi connectivity index (χ4n) is 2.12. The summed E-state index contributed by atoms with van der Waals surface area (Å²) >= 11 is 0. The molecule has 0 spiro atoms. The van der Waals surface area contributed by atoms with Gasteiger partial charge in [0.05, 0.1) is 16.1 Å². The minimum absolute atomic E-state index is 0.148. The van der Waals surface area contributed by atoms with Crippen LogP contribution in [0.15, 0.2) is 42.5 Å². The van der Waals surface area contributed by atoms with E-state index in [1.807, 2.05) is 19.1 Å². The maximum absolute atomic E-state index is 12.3. The number of hydrogen-bond donors (Lipinski definition) is 2. The molecule has 2 aromatic carbocycles. The number of nitro benzene ring substituents is 1. The van der Waals surface area contributed by atoms with Gasteiger partial charge >= 0.3 is 5.69 Å². The van der Waals surface area contributed by atoms with Crippen molar-refractivity contribution in [1.29, 1.82) is 0 Å². The summed E-state index contributed by atoms with van der Waals surface area (Å²) in [7, 11) is 0. The van der Waals surface area contributed by atoms with Gasteiger partial charge in [0.15, 0.2) is 0 Å². The standard InChI is InChI=1S/C17H16N2O4/c1-3-4-12-7-10-14(16(20)15(12)19(22)23)17(21)18-13-8-5-11(2)6-9-13/h3-10,20H,1-2H3,(H,18,21). The van der Waals surface area contributed by atoms with Gasteiger partial charge in [-0.2, -0.15) is 0 Å². The molecular formula is C17H16N2O4. The van der Waals surface area contributed by atoms with E-state index in [-0.39, 0.29) is 11.1 Å². The Morgan fingerprint density at radius 3 is 2.43 bits per heavy atom. The molecule has 0 fully saturated rings. The molecule has 23 heavy (non-hydrogen) atoms. The number of carbonyl (C=O) groups excluding carboxylic acids is 1. The largest absolute Gasteiger partial charge is 0.502 e. The third-order valence-corrected chi connectivity index (χ3v) is 3.27. The van der Waals surface area contributed by atoms with Crippen molar-refractivity contribution < 1.29 is 14.8 Å². The Bertz CT molecular complexity index is 780. The third kappa shape index (κ3) is 3.55. The molecule has 0 bridgehead atoms. The van der Waals surface area contributed by atoms with Gasteiger partial charge in [0.25, 0.3) is 5.91 Å². The molecule has 2 rings (SSSR count). The zero-order valence-corrected chi connectivity index (χ0v) is 12.7. The first kappa shape index (κ1) is 16.2. The van der Waals surface area contributed by atoms with Gasteiger partial charge in [-0.3, -0.25) is 14.9 Å². The van der Waals surface area contributed by atoms with Crippen molar-refractivity contribution in [1.82, 2.24) is 0 Å². The zero-order valence-electron chi connectivity index (χ0n) is 12.7. The summed E-state index contributed by atoms with van der Waals surface area (Å²) in [5, 5.41) is 23.9. The minimum Gasteiger partial charge on any atom is -0.502 e. The normalized spacial score (nSPS) is 10.7. The lowest BCUT2D eigenvalue weighted by Gasteiger charge is -2.09. The monoisotopic (exact) mass is 312 g/mol. The molecule has 1 amide bonds. The van der Waals surface area contributed by atoms with Gasteiger partial charge in [-0.05, 0) is 38.1 Å². The van der Waals surface area contributed by atoms with Gasteiger partial charge in [-0.1, -0.05) is 29.8 Å².